The van der Waals surface area contributed by atoms with Crippen LogP contribution < -0.4 is 5.73 Å². The third-order valence-electron chi connectivity index (χ3n) is 4.08. The summed E-state index contributed by atoms with van der Waals surface area (Å²) >= 11 is 0. The Bertz CT molecular complexity index is 630. The number of aromatic nitrogens is 2. The molecular weight excluding hydrogens is 262 g/mol. The zero-order valence-corrected chi connectivity index (χ0v) is 11.4. The molecule has 1 fully saturated rings. The molecule has 0 unspecified atom stereocenters. The number of halogens is 2. The molecule has 0 spiro atoms. The van der Waals surface area contributed by atoms with Crippen molar-refractivity contribution in [2.24, 2.45) is 5.92 Å². The molecule has 4 nitrogen and oxygen atoms in total. The van der Waals surface area contributed by atoms with Crippen LogP contribution in [-0.2, 0) is 6.54 Å². The van der Waals surface area contributed by atoms with E-state index in [9.17, 15) is 8.78 Å². The normalized spacial score (nSPS) is 17.9. The smallest absolute Gasteiger partial charge is 0.201 e. The van der Waals surface area contributed by atoms with Gasteiger partial charge in [0.2, 0.25) is 5.95 Å². The lowest BCUT2D eigenvalue weighted by Gasteiger charge is -2.29. The van der Waals surface area contributed by atoms with E-state index in [4.69, 9.17) is 5.73 Å². The number of anilines is 1. The number of imidazole rings is 1. The van der Waals surface area contributed by atoms with Crippen molar-refractivity contribution >= 4 is 17.0 Å². The van der Waals surface area contributed by atoms with E-state index in [1.165, 1.54) is 6.07 Å². The summed E-state index contributed by atoms with van der Waals surface area (Å²) in [6.45, 7) is 2.75. The largest absolute Gasteiger partial charge is 0.369 e. The molecule has 0 amide bonds. The lowest BCUT2D eigenvalue weighted by molar-refractivity contribution is 0.206. The summed E-state index contributed by atoms with van der Waals surface area (Å²) in [6.07, 6.45) is 2.13. The zero-order chi connectivity index (χ0) is 14.3. The average molecular weight is 280 g/mol. The average Bonchev–Trinajstić information content (AvgIpc) is 2.70. The third kappa shape index (κ3) is 2.35. The summed E-state index contributed by atoms with van der Waals surface area (Å²) < 4.78 is 28.8. The van der Waals surface area contributed by atoms with E-state index in [1.807, 2.05) is 0 Å². The molecule has 2 heterocycles. The molecule has 1 aliphatic heterocycles. The quantitative estimate of drug-likeness (QED) is 0.917. The Labute approximate surface area is 116 Å². The van der Waals surface area contributed by atoms with Crippen molar-refractivity contribution in [1.29, 1.82) is 0 Å². The number of rotatable bonds is 2. The topological polar surface area (TPSA) is 47.1 Å². The molecule has 0 bridgehead atoms. The molecule has 0 atom stereocenters. The van der Waals surface area contributed by atoms with Crippen LogP contribution in [0.15, 0.2) is 12.1 Å². The van der Waals surface area contributed by atoms with Crippen molar-refractivity contribution in [3.63, 3.8) is 0 Å². The number of piperidine rings is 1. The van der Waals surface area contributed by atoms with Crippen LogP contribution in [0.1, 0.15) is 12.8 Å². The van der Waals surface area contributed by atoms with Gasteiger partial charge in [0.05, 0.1) is 5.52 Å². The van der Waals surface area contributed by atoms with E-state index in [2.05, 4.69) is 16.9 Å². The molecule has 6 heteroatoms. The number of nitrogen functional groups attached to an aromatic ring is 1. The minimum atomic E-state index is -0.658. The first-order chi connectivity index (χ1) is 9.54. The Kier molecular flexibility index (Phi) is 3.33. The third-order valence-corrected chi connectivity index (χ3v) is 4.08. The standard InChI is InChI=1S/C14H18F2N4/c1-19-4-2-9(3-5-19)8-20-12-7-10(15)6-11(16)13(12)18-14(20)17/h6-7,9H,2-5,8H2,1H3,(H2,17,18). The maximum atomic E-state index is 13.7. The lowest BCUT2D eigenvalue weighted by atomic mass is 9.97. The van der Waals surface area contributed by atoms with Crippen LogP contribution in [-0.4, -0.2) is 34.6 Å². The highest BCUT2D eigenvalue weighted by molar-refractivity contribution is 5.79. The molecule has 108 valence electrons. The Morgan fingerprint density at radius 1 is 1.30 bits per heavy atom. The minimum Gasteiger partial charge on any atom is -0.369 e. The van der Waals surface area contributed by atoms with Gasteiger partial charge in [-0.3, -0.25) is 0 Å². The van der Waals surface area contributed by atoms with Gasteiger partial charge in [0.1, 0.15) is 11.3 Å². The van der Waals surface area contributed by atoms with E-state index in [1.54, 1.807) is 4.57 Å². The fourth-order valence-corrected chi connectivity index (χ4v) is 2.86. The summed E-state index contributed by atoms with van der Waals surface area (Å²) in [4.78, 5) is 6.31. The summed E-state index contributed by atoms with van der Waals surface area (Å²) in [5.41, 5.74) is 6.46. The Morgan fingerprint density at radius 2 is 2.00 bits per heavy atom. The van der Waals surface area contributed by atoms with Crippen LogP contribution >= 0.6 is 0 Å². The fraction of sp³-hybridized carbons (Fsp3) is 0.500. The van der Waals surface area contributed by atoms with Gasteiger partial charge >= 0.3 is 0 Å². The molecule has 2 N–H and O–H groups in total. The number of nitrogens with two attached hydrogens (primary N) is 1. The van der Waals surface area contributed by atoms with Gasteiger partial charge in [-0.25, -0.2) is 13.8 Å². The van der Waals surface area contributed by atoms with Gasteiger partial charge in [-0.1, -0.05) is 0 Å². The van der Waals surface area contributed by atoms with E-state index in [0.717, 1.165) is 32.0 Å². The second-order valence-corrected chi connectivity index (χ2v) is 5.58. The molecule has 0 aliphatic carbocycles. The molecule has 2 aromatic rings. The van der Waals surface area contributed by atoms with Gasteiger partial charge in [-0.15, -0.1) is 0 Å². The number of fused-ring (bicyclic) bond motifs is 1. The maximum absolute atomic E-state index is 13.7. The first-order valence-corrected chi connectivity index (χ1v) is 6.84. The first kappa shape index (κ1) is 13.3. The van der Waals surface area contributed by atoms with Gasteiger partial charge in [-0.05, 0) is 38.9 Å². The highest BCUT2D eigenvalue weighted by Gasteiger charge is 2.20. The molecule has 3 rings (SSSR count). The highest BCUT2D eigenvalue weighted by atomic mass is 19.1. The van der Waals surface area contributed by atoms with E-state index in [-0.39, 0.29) is 11.5 Å². The molecule has 20 heavy (non-hydrogen) atoms. The monoisotopic (exact) mass is 280 g/mol. The van der Waals surface area contributed by atoms with Crippen LogP contribution in [0.4, 0.5) is 14.7 Å². The van der Waals surface area contributed by atoms with Gasteiger partial charge in [0.25, 0.3) is 0 Å². The summed E-state index contributed by atoms with van der Waals surface area (Å²) in [5.74, 6) is -0.533. The molecule has 0 saturated carbocycles. The molecule has 1 aromatic carbocycles. The molecular formula is C14H18F2N4. The predicted molar refractivity (Wildman–Crippen MR) is 74.3 cm³/mol. The molecule has 0 radical (unpaired) electrons. The summed E-state index contributed by atoms with van der Waals surface area (Å²) in [5, 5.41) is 0. The second-order valence-electron chi connectivity index (χ2n) is 5.58. The van der Waals surface area contributed by atoms with Gasteiger partial charge in [0.15, 0.2) is 5.82 Å². The van der Waals surface area contributed by atoms with Crippen LogP contribution in [0.25, 0.3) is 11.0 Å². The van der Waals surface area contributed by atoms with Gasteiger partial charge < -0.3 is 15.2 Å². The van der Waals surface area contributed by atoms with Crippen molar-refractivity contribution in [2.45, 2.75) is 19.4 Å². The van der Waals surface area contributed by atoms with E-state index in [0.29, 0.717) is 18.0 Å². The van der Waals surface area contributed by atoms with Crippen molar-refractivity contribution in [3.05, 3.63) is 23.8 Å². The van der Waals surface area contributed by atoms with Crippen LogP contribution in [0.2, 0.25) is 0 Å². The summed E-state index contributed by atoms with van der Waals surface area (Å²) in [6, 6.07) is 2.14. The van der Waals surface area contributed by atoms with Crippen molar-refractivity contribution < 1.29 is 8.78 Å². The number of hydrogen-bond acceptors (Lipinski definition) is 3. The lowest BCUT2D eigenvalue weighted by Crippen LogP contribution is -2.32. The number of hydrogen-bond donors (Lipinski definition) is 1. The summed E-state index contributed by atoms with van der Waals surface area (Å²) in [7, 11) is 2.10. The van der Waals surface area contributed by atoms with Crippen molar-refractivity contribution in [1.82, 2.24) is 14.5 Å². The van der Waals surface area contributed by atoms with Gasteiger partial charge in [0, 0.05) is 18.7 Å². The zero-order valence-electron chi connectivity index (χ0n) is 11.4. The predicted octanol–water partition coefficient (Wildman–Crippen LogP) is 2.24. The fourth-order valence-electron chi connectivity index (χ4n) is 2.86. The van der Waals surface area contributed by atoms with Crippen molar-refractivity contribution in [3.8, 4) is 0 Å². The Morgan fingerprint density at radius 3 is 2.70 bits per heavy atom. The molecule has 1 aliphatic rings. The van der Waals surface area contributed by atoms with E-state index >= 15 is 0 Å². The van der Waals surface area contributed by atoms with Crippen LogP contribution in [0.3, 0.4) is 0 Å². The number of likely N-dealkylation sites (tertiary alicyclic amines) is 1. The Balaban J connectivity index is 1.93. The maximum Gasteiger partial charge on any atom is 0.201 e. The number of nitrogens with zero attached hydrogens (tertiary/aromatic N) is 3. The Hall–Kier alpha value is -1.69. The van der Waals surface area contributed by atoms with Crippen LogP contribution in [0.5, 0.6) is 0 Å². The van der Waals surface area contributed by atoms with Gasteiger partial charge in [-0.2, -0.15) is 0 Å². The second kappa shape index (κ2) is 5.01. The van der Waals surface area contributed by atoms with Crippen LogP contribution in [0, 0.1) is 17.6 Å². The van der Waals surface area contributed by atoms with E-state index < -0.39 is 11.6 Å². The first-order valence-electron chi connectivity index (χ1n) is 6.84. The van der Waals surface area contributed by atoms with Crippen molar-refractivity contribution in [2.75, 3.05) is 25.9 Å². The molecule has 1 aromatic heterocycles. The molecule has 1 saturated heterocycles. The highest BCUT2D eigenvalue weighted by Crippen LogP contribution is 2.26. The number of benzene rings is 1. The minimum absolute atomic E-state index is 0.150. The SMILES string of the molecule is CN1CCC(Cn2c(N)nc3c(F)cc(F)cc32)CC1.